The second-order valence-electron chi connectivity index (χ2n) is 5.28. The molecular formula is C15H13ClN2O3. The largest absolute Gasteiger partial charge is 0.481 e. The summed E-state index contributed by atoms with van der Waals surface area (Å²) in [6.07, 6.45) is 1.20. The van der Waals surface area contributed by atoms with Crippen molar-refractivity contribution in [2.75, 3.05) is 6.54 Å². The fourth-order valence-corrected chi connectivity index (χ4v) is 2.49. The summed E-state index contributed by atoms with van der Waals surface area (Å²) in [5, 5.41) is 12.7. The molecular weight excluding hydrogens is 292 g/mol. The van der Waals surface area contributed by atoms with Gasteiger partial charge in [-0.25, -0.2) is 4.98 Å². The SMILES string of the molecule is O=C(NCC1(C(=O)O)CC1)c1cc(Cl)nc2ccccc12. The molecule has 0 spiro atoms. The number of amides is 1. The van der Waals surface area contributed by atoms with Gasteiger partial charge < -0.3 is 10.4 Å². The molecule has 0 radical (unpaired) electrons. The van der Waals surface area contributed by atoms with E-state index in [4.69, 9.17) is 16.7 Å². The highest BCUT2D eigenvalue weighted by atomic mass is 35.5. The van der Waals surface area contributed by atoms with Gasteiger partial charge >= 0.3 is 5.97 Å². The molecule has 0 unspecified atom stereocenters. The molecule has 1 fully saturated rings. The Morgan fingerprint density at radius 3 is 2.71 bits per heavy atom. The van der Waals surface area contributed by atoms with Gasteiger partial charge in [0.05, 0.1) is 16.5 Å². The van der Waals surface area contributed by atoms with E-state index >= 15 is 0 Å². The molecule has 21 heavy (non-hydrogen) atoms. The Balaban J connectivity index is 1.86. The van der Waals surface area contributed by atoms with E-state index < -0.39 is 11.4 Å². The average Bonchev–Trinajstić information content (AvgIpc) is 3.25. The number of nitrogens with one attached hydrogen (secondary N) is 1. The van der Waals surface area contributed by atoms with Gasteiger partial charge in [0.15, 0.2) is 0 Å². The van der Waals surface area contributed by atoms with Crippen molar-refractivity contribution in [3.63, 3.8) is 0 Å². The lowest BCUT2D eigenvalue weighted by atomic mass is 10.1. The summed E-state index contributed by atoms with van der Waals surface area (Å²) >= 11 is 5.94. The van der Waals surface area contributed by atoms with Gasteiger partial charge in [-0.3, -0.25) is 9.59 Å². The van der Waals surface area contributed by atoms with Crippen LogP contribution in [0.25, 0.3) is 10.9 Å². The maximum absolute atomic E-state index is 12.3. The molecule has 1 amide bonds. The maximum atomic E-state index is 12.3. The van der Waals surface area contributed by atoms with Crippen LogP contribution in [-0.2, 0) is 4.79 Å². The number of hydrogen-bond donors (Lipinski definition) is 2. The van der Waals surface area contributed by atoms with Crippen LogP contribution < -0.4 is 5.32 Å². The number of fused-ring (bicyclic) bond motifs is 1. The monoisotopic (exact) mass is 304 g/mol. The number of aliphatic carboxylic acids is 1. The highest BCUT2D eigenvalue weighted by molar-refractivity contribution is 6.30. The van der Waals surface area contributed by atoms with Gasteiger partial charge in [-0.05, 0) is 25.0 Å². The first kappa shape index (κ1) is 13.8. The Labute approximate surface area is 125 Å². The number of hydrogen-bond acceptors (Lipinski definition) is 3. The molecule has 5 nitrogen and oxygen atoms in total. The van der Waals surface area contributed by atoms with Gasteiger partial charge in [0.1, 0.15) is 5.15 Å². The molecule has 1 saturated carbocycles. The van der Waals surface area contributed by atoms with Crippen LogP contribution in [0.4, 0.5) is 0 Å². The first-order valence-electron chi connectivity index (χ1n) is 6.59. The zero-order valence-corrected chi connectivity index (χ0v) is 11.9. The predicted octanol–water partition coefficient (Wildman–Crippen LogP) is 2.48. The van der Waals surface area contributed by atoms with Crippen LogP contribution in [0.15, 0.2) is 30.3 Å². The van der Waals surface area contributed by atoms with Gasteiger partial charge in [-0.2, -0.15) is 0 Å². The summed E-state index contributed by atoms with van der Waals surface area (Å²) in [5.74, 6) is -1.19. The first-order valence-corrected chi connectivity index (χ1v) is 6.96. The lowest BCUT2D eigenvalue weighted by Gasteiger charge is -2.12. The molecule has 1 aromatic heterocycles. The van der Waals surface area contributed by atoms with E-state index in [1.165, 1.54) is 6.07 Å². The van der Waals surface area contributed by atoms with Crippen molar-refractivity contribution in [2.45, 2.75) is 12.8 Å². The number of rotatable bonds is 4. The normalized spacial score (nSPS) is 15.7. The molecule has 6 heteroatoms. The molecule has 3 rings (SSSR count). The van der Waals surface area contributed by atoms with Crippen molar-refractivity contribution in [2.24, 2.45) is 5.41 Å². The average molecular weight is 305 g/mol. The zero-order valence-electron chi connectivity index (χ0n) is 11.1. The van der Waals surface area contributed by atoms with Gasteiger partial charge in [0.2, 0.25) is 0 Å². The summed E-state index contributed by atoms with van der Waals surface area (Å²) < 4.78 is 0. The Morgan fingerprint density at radius 2 is 2.05 bits per heavy atom. The van der Waals surface area contributed by atoms with Gasteiger partial charge in [0.25, 0.3) is 5.91 Å². The van der Waals surface area contributed by atoms with Crippen molar-refractivity contribution in [1.82, 2.24) is 10.3 Å². The number of aromatic nitrogens is 1. The second kappa shape index (κ2) is 5.00. The number of pyridine rings is 1. The number of carboxylic acids is 1. The molecule has 1 aromatic carbocycles. The van der Waals surface area contributed by atoms with Crippen molar-refractivity contribution in [1.29, 1.82) is 0 Å². The van der Waals surface area contributed by atoms with E-state index in [1.54, 1.807) is 12.1 Å². The van der Waals surface area contributed by atoms with E-state index in [1.807, 2.05) is 12.1 Å². The standard InChI is InChI=1S/C15H13ClN2O3/c16-12-7-10(9-3-1-2-4-11(9)18-12)13(19)17-8-15(5-6-15)14(20)21/h1-4,7H,5-6,8H2,(H,17,19)(H,20,21). The van der Waals surface area contributed by atoms with E-state index in [0.717, 1.165) is 0 Å². The highest BCUT2D eigenvalue weighted by Crippen LogP contribution is 2.45. The number of para-hydroxylation sites is 1. The first-order chi connectivity index (χ1) is 10.0. The lowest BCUT2D eigenvalue weighted by Crippen LogP contribution is -2.34. The minimum Gasteiger partial charge on any atom is -0.481 e. The summed E-state index contributed by atoms with van der Waals surface area (Å²) in [6, 6.07) is 8.69. The topological polar surface area (TPSA) is 79.3 Å². The third-order valence-electron chi connectivity index (χ3n) is 3.82. The molecule has 0 bridgehead atoms. The van der Waals surface area contributed by atoms with Crippen LogP contribution in [0.5, 0.6) is 0 Å². The number of carboxylic acid groups (broad SMARTS) is 1. The van der Waals surface area contributed by atoms with Gasteiger partial charge in [-0.15, -0.1) is 0 Å². The van der Waals surface area contributed by atoms with Crippen molar-refractivity contribution in [3.05, 3.63) is 41.0 Å². The number of carbonyl (C=O) groups excluding carboxylic acids is 1. The maximum Gasteiger partial charge on any atom is 0.311 e. The number of benzene rings is 1. The second-order valence-corrected chi connectivity index (χ2v) is 5.67. The zero-order chi connectivity index (χ0) is 15.0. The Bertz CT molecular complexity index is 741. The fourth-order valence-electron chi connectivity index (χ4n) is 2.29. The van der Waals surface area contributed by atoms with Crippen LogP contribution in [0.1, 0.15) is 23.2 Å². The molecule has 0 atom stereocenters. The molecule has 1 aliphatic carbocycles. The van der Waals surface area contributed by atoms with E-state index in [9.17, 15) is 9.59 Å². The minimum atomic E-state index is -0.861. The van der Waals surface area contributed by atoms with Gasteiger partial charge in [-0.1, -0.05) is 29.8 Å². The molecule has 1 aliphatic rings. The van der Waals surface area contributed by atoms with Crippen molar-refractivity contribution < 1.29 is 14.7 Å². The quantitative estimate of drug-likeness (QED) is 0.851. The van der Waals surface area contributed by atoms with Gasteiger partial charge in [0, 0.05) is 11.9 Å². The van der Waals surface area contributed by atoms with Crippen LogP contribution in [0.3, 0.4) is 0 Å². The van der Waals surface area contributed by atoms with Crippen LogP contribution in [0, 0.1) is 5.41 Å². The summed E-state index contributed by atoms with van der Waals surface area (Å²) in [6.45, 7) is 0.134. The van der Waals surface area contributed by atoms with Crippen LogP contribution >= 0.6 is 11.6 Å². The lowest BCUT2D eigenvalue weighted by molar-refractivity contribution is -0.143. The van der Waals surface area contributed by atoms with E-state index in [-0.39, 0.29) is 17.6 Å². The predicted molar refractivity (Wildman–Crippen MR) is 78.4 cm³/mol. The van der Waals surface area contributed by atoms with Crippen molar-refractivity contribution in [3.8, 4) is 0 Å². The van der Waals surface area contributed by atoms with Crippen molar-refractivity contribution >= 4 is 34.4 Å². The number of nitrogens with zero attached hydrogens (tertiary/aromatic N) is 1. The Kier molecular flexibility index (Phi) is 3.29. The Hall–Kier alpha value is -2.14. The highest BCUT2D eigenvalue weighted by Gasteiger charge is 2.50. The molecule has 1 heterocycles. The molecule has 2 N–H and O–H groups in total. The molecule has 0 aliphatic heterocycles. The van der Waals surface area contributed by atoms with E-state index in [0.29, 0.717) is 29.3 Å². The number of carbonyl (C=O) groups is 2. The smallest absolute Gasteiger partial charge is 0.311 e. The van der Waals surface area contributed by atoms with Crippen LogP contribution in [-0.4, -0.2) is 28.5 Å². The Morgan fingerprint density at radius 1 is 1.33 bits per heavy atom. The molecule has 2 aromatic rings. The summed E-state index contributed by atoms with van der Waals surface area (Å²) in [5.41, 5.74) is 0.253. The van der Waals surface area contributed by atoms with E-state index in [2.05, 4.69) is 10.3 Å². The number of halogens is 1. The minimum absolute atomic E-state index is 0.134. The third-order valence-corrected chi connectivity index (χ3v) is 4.02. The summed E-state index contributed by atoms with van der Waals surface area (Å²) in [7, 11) is 0. The summed E-state index contributed by atoms with van der Waals surface area (Å²) in [4.78, 5) is 27.6. The fraction of sp³-hybridized carbons (Fsp3) is 0.267. The van der Waals surface area contributed by atoms with Crippen LogP contribution in [0.2, 0.25) is 5.15 Å². The third kappa shape index (κ3) is 2.56. The molecule has 108 valence electrons. The molecule has 0 saturated heterocycles.